The van der Waals surface area contributed by atoms with Gasteiger partial charge in [0.1, 0.15) is 0 Å². The first kappa shape index (κ1) is 20.1. The molecule has 0 unspecified atom stereocenters. The Morgan fingerprint density at radius 3 is 2.52 bits per heavy atom. The molecule has 1 aromatic heterocycles. The summed E-state index contributed by atoms with van der Waals surface area (Å²) in [4.78, 5) is 16.0. The molecule has 2 N–H and O–H groups in total. The lowest BCUT2D eigenvalue weighted by Gasteiger charge is -2.11. The molecule has 0 aliphatic rings. The summed E-state index contributed by atoms with van der Waals surface area (Å²) in [6.07, 6.45) is 2.05. The second-order valence-corrected chi connectivity index (χ2v) is 6.39. The SMILES string of the molecule is CCOc1nc(CC)c(C=NO)n1Cc1ccc(-c2ccccc2C(=O)O)cc1. The summed E-state index contributed by atoms with van der Waals surface area (Å²) in [5.74, 6) is -0.954. The third-order valence-corrected chi connectivity index (χ3v) is 4.60. The molecule has 150 valence electrons. The maximum Gasteiger partial charge on any atom is 0.336 e. The predicted octanol–water partition coefficient (Wildman–Crippen LogP) is 4.07. The highest BCUT2D eigenvalue weighted by molar-refractivity contribution is 5.96. The van der Waals surface area contributed by atoms with Gasteiger partial charge in [0.05, 0.1) is 36.3 Å². The molecule has 0 bridgehead atoms. The molecular weight excluding hydrogens is 370 g/mol. The standard InChI is InChI=1S/C22H23N3O4/c1-3-19-20(13-23-28)25(22(24-19)29-4-2)14-15-9-11-16(12-10-15)17-7-5-6-8-18(17)21(26)27/h5-13,28H,3-4,14H2,1-2H3,(H,26,27). The van der Waals surface area contributed by atoms with Gasteiger partial charge in [-0.25, -0.2) is 4.79 Å². The molecule has 3 aromatic rings. The lowest BCUT2D eigenvalue weighted by atomic mass is 9.99. The molecule has 0 aliphatic heterocycles. The Labute approximate surface area is 168 Å². The number of nitrogens with zero attached hydrogens (tertiary/aromatic N) is 3. The summed E-state index contributed by atoms with van der Waals surface area (Å²) in [6, 6.07) is 15.1. The van der Waals surface area contributed by atoms with Gasteiger partial charge in [0.2, 0.25) is 0 Å². The highest BCUT2D eigenvalue weighted by Gasteiger charge is 2.17. The van der Waals surface area contributed by atoms with Crippen LogP contribution in [0, 0.1) is 0 Å². The van der Waals surface area contributed by atoms with Crippen molar-refractivity contribution < 1.29 is 19.8 Å². The fourth-order valence-corrected chi connectivity index (χ4v) is 3.24. The number of ether oxygens (including phenoxy) is 1. The van der Waals surface area contributed by atoms with Crippen LogP contribution in [0.4, 0.5) is 0 Å². The zero-order valence-corrected chi connectivity index (χ0v) is 16.4. The zero-order chi connectivity index (χ0) is 20.8. The molecule has 0 aliphatic carbocycles. The molecule has 0 atom stereocenters. The first-order valence-corrected chi connectivity index (χ1v) is 9.40. The van der Waals surface area contributed by atoms with Gasteiger partial charge in [-0.15, -0.1) is 0 Å². The van der Waals surface area contributed by atoms with Crippen molar-refractivity contribution in [1.82, 2.24) is 9.55 Å². The second-order valence-electron chi connectivity index (χ2n) is 6.39. The van der Waals surface area contributed by atoms with E-state index in [0.717, 1.165) is 16.8 Å². The van der Waals surface area contributed by atoms with Crippen molar-refractivity contribution in [2.45, 2.75) is 26.8 Å². The third kappa shape index (κ3) is 4.29. The van der Waals surface area contributed by atoms with Gasteiger partial charge in [0, 0.05) is 0 Å². The van der Waals surface area contributed by atoms with E-state index in [1.165, 1.54) is 6.21 Å². The van der Waals surface area contributed by atoms with E-state index in [1.807, 2.05) is 48.7 Å². The molecule has 0 fully saturated rings. The number of carboxylic acids is 1. The quantitative estimate of drug-likeness (QED) is 0.342. The Hall–Kier alpha value is -3.61. The number of carbonyl (C=O) groups is 1. The fourth-order valence-electron chi connectivity index (χ4n) is 3.24. The van der Waals surface area contributed by atoms with Crippen molar-refractivity contribution >= 4 is 12.2 Å². The van der Waals surface area contributed by atoms with Crippen LogP contribution in [0.25, 0.3) is 11.1 Å². The van der Waals surface area contributed by atoms with Crippen LogP contribution in [0.5, 0.6) is 6.01 Å². The maximum absolute atomic E-state index is 11.5. The molecule has 7 heteroatoms. The highest BCUT2D eigenvalue weighted by Crippen LogP contribution is 2.25. The first-order valence-electron chi connectivity index (χ1n) is 9.40. The molecule has 1 heterocycles. The largest absolute Gasteiger partial charge is 0.478 e. The predicted molar refractivity (Wildman–Crippen MR) is 110 cm³/mol. The topological polar surface area (TPSA) is 96.9 Å². The minimum absolute atomic E-state index is 0.266. The monoisotopic (exact) mass is 393 g/mol. The second kappa shape index (κ2) is 9.05. The molecule has 0 radical (unpaired) electrons. The summed E-state index contributed by atoms with van der Waals surface area (Å²) >= 11 is 0. The molecule has 3 rings (SSSR count). The van der Waals surface area contributed by atoms with Crippen molar-refractivity contribution in [3.63, 3.8) is 0 Å². The van der Waals surface area contributed by atoms with Crippen LogP contribution in [0.1, 0.15) is 41.2 Å². The summed E-state index contributed by atoms with van der Waals surface area (Å²) in [5, 5.41) is 21.6. The lowest BCUT2D eigenvalue weighted by molar-refractivity contribution is 0.0697. The summed E-state index contributed by atoms with van der Waals surface area (Å²) in [6.45, 7) is 4.82. The van der Waals surface area contributed by atoms with E-state index in [0.29, 0.717) is 36.8 Å². The third-order valence-electron chi connectivity index (χ3n) is 4.60. The molecule has 0 saturated heterocycles. The van der Waals surface area contributed by atoms with Gasteiger partial charge in [-0.2, -0.15) is 4.98 Å². The number of benzene rings is 2. The molecule has 0 amide bonds. The van der Waals surface area contributed by atoms with E-state index >= 15 is 0 Å². The van der Waals surface area contributed by atoms with E-state index in [4.69, 9.17) is 9.94 Å². The molecule has 2 aromatic carbocycles. The number of aromatic carboxylic acids is 1. The number of aromatic nitrogens is 2. The molecule has 0 saturated carbocycles. The summed E-state index contributed by atoms with van der Waals surface area (Å²) in [7, 11) is 0. The number of aryl methyl sites for hydroxylation is 1. The smallest absolute Gasteiger partial charge is 0.336 e. The molecule has 0 spiro atoms. The number of oxime groups is 1. The minimum Gasteiger partial charge on any atom is -0.478 e. The van der Waals surface area contributed by atoms with Crippen molar-refractivity contribution in [3.8, 4) is 17.1 Å². The van der Waals surface area contributed by atoms with Crippen molar-refractivity contribution in [2.24, 2.45) is 5.16 Å². The normalized spacial score (nSPS) is 11.1. The zero-order valence-electron chi connectivity index (χ0n) is 16.4. The van der Waals surface area contributed by atoms with Crippen LogP contribution >= 0.6 is 0 Å². The molecule has 7 nitrogen and oxygen atoms in total. The van der Waals surface area contributed by atoms with Crippen molar-refractivity contribution in [3.05, 3.63) is 71.0 Å². The van der Waals surface area contributed by atoms with E-state index in [9.17, 15) is 9.90 Å². The van der Waals surface area contributed by atoms with E-state index in [2.05, 4.69) is 10.1 Å². The lowest BCUT2D eigenvalue weighted by Crippen LogP contribution is -2.08. The van der Waals surface area contributed by atoms with Gasteiger partial charge >= 0.3 is 5.97 Å². The number of hydrogen-bond donors (Lipinski definition) is 2. The Bertz CT molecular complexity index is 1020. The van der Waals surface area contributed by atoms with Crippen LogP contribution in [0.3, 0.4) is 0 Å². The first-order chi connectivity index (χ1) is 14.1. The number of imidazole rings is 1. The van der Waals surface area contributed by atoms with Gasteiger partial charge in [-0.1, -0.05) is 54.5 Å². The average molecular weight is 393 g/mol. The minimum atomic E-state index is -0.954. The van der Waals surface area contributed by atoms with E-state index < -0.39 is 5.97 Å². The maximum atomic E-state index is 11.5. The average Bonchev–Trinajstić information content (AvgIpc) is 3.05. The summed E-state index contributed by atoms with van der Waals surface area (Å²) < 4.78 is 7.52. The number of carboxylic acid groups (broad SMARTS) is 1. The van der Waals surface area contributed by atoms with Crippen LogP contribution in [-0.2, 0) is 13.0 Å². The fraction of sp³-hybridized carbons (Fsp3) is 0.227. The Morgan fingerprint density at radius 2 is 1.90 bits per heavy atom. The Kier molecular flexibility index (Phi) is 6.29. The summed E-state index contributed by atoms with van der Waals surface area (Å²) in [5.41, 5.74) is 4.23. The van der Waals surface area contributed by atoms with Gasteiger partial charge in [-0.3, -0.25) is 4.57 Å². The van der Waals surface area contributed by atoms with Gasteiger partial charge in [-0.05, 0) is 36.1 Å². The van der Waals surface area contributed by atoms with Crippen molar-refractivity contribution in [1.29, 1.82) is 0 Å². The Balaban J connectivity index is 1.95. The van der Waals surface area contributed by atoms with Crippen LogP contribution < -0.4 is 4.74 Å². The van der Waals surface area contributed by atoms with E-state index in [1.54, 1.807) is 18.2 Å². The van der Waals surface area contributed by atoms with Gasteiger partial charge < -0.3 is 15.1 Å². The van der Waals surface area contributed by atoms with E-state index in [-0.39, 0.29) is 5.56 Å². The van der Waals surface area contributed by atoms with Gasteiger partial charge in [0.25, 0.3) is 6.01 Å². The molecule has 29 heavy (non-hydrogen) atoms. The number of hydrogen-bond acceptors (Lipinski definition) is 5. The van der Waals surface area contributed by atoms with Crippen LogP contribution in [0.2, 0.25) is 0 Å². The van der Waals surface area contributed by atoms with Crippen LogP contribution in [-0.4, -0.2) is 38.7 Å². The Morgan fingerprint density at radius 1 is 1.17 bits per heavy atom. The molecular formula is C22H23N3O4. The van der Waals surface area contributed by atoms with Gasteiger partial charge in [0.15, 0.2) is 0 Å². The highest BCUT2D eigenvalue weighted by atomic mass is 16.5. The van der Waals surface area contributed by atoms with Crippen molar-refractivity contribution in [2.75, 3.05) is 6.61 Å². The van der Waals surface area contributed by atoms with Crippen LogP contribution in [0.15, 0.2) is 53.7 Å². The number of rotatable bonds is 8.